The Bertz CT molecular complexity index is 742. The minimum atomic E-state index is -3.68. The van der Waals surface area contributed by atoms with Gasteiger partial charge in [-0.05, 0) is 13.0 Å². The molecule has 1 aromatic rings. The van der Waals surface area contributed by atoms with Crippen LogP contribution in [0.5, 0.6) is 0 Å². The number of nitrogens with one attached hydrogen (secondary N) is 2. The Morgan fingerprint density at radius 3 is 2.64 bits per heavy atom. The number of aliphatic carboxylic acids is 1. The number of methoxy groups -OCH3 is 1. The number of sulfonamides is 1. The van der Waals surface area contributed by atoms with Crippen molar-refractivity contribution in [2.24, 2.45) is 0 Å². The third-order valence-corrected chi connectivity index (χ3v) is 6.62. The monoisotopic (exact) mass is 391 g/mol. The Kier molecular flexibility index (Phi) is 6.14. The van der Waals surface area contributed by atoms with Gasteiger partial charge in [0.1, 0.15) is 10.6 Å². The Balaban J connectivity index is 2.17. The zero-order chi connectivity index (χ0) is 18.7. The van der Waals surface area contributed by atoms with Crippen molar-refractivity contribution in [1.29, 1.82) is 0 Å². The molecule has 1 aliphatic rings. The third kappa shape index (κ3) is 4.35. The summed E-state index contributed by atoms with van der Waals surface area (Å²) in [6, 6.07) is 1.21. The van der Waals surface area contributed by atoms with Crippen LogP contribution >= 0.6 is 11.8 Å². The summed E-state index contributed by atoms with van der Waals surface area (Å²) in [4.78, 5) is 26.2. The minimum absolute atomic E-state index is 0.0201. The number of hydrogen-bond donors (Lipinski definition) is 3. The van der Waals surface area contributed by atoms with Crippen molar-refractivity contribution in [1.82, 2.24) is 14.6 Å². The second kappa shape index (κ2) is 7.77. The molecular formula is C14H21N3O6S2. The van der Waals surface area contributed by atoms with E-state index in [0.717, 1.165) is 11.5 Å². The molecule has 2 rings (SSSR count). The van der Waals surface area contributed by atoms with E-state index < -0.39 is 27.4 Å². The number of amides is 1. The van der Waals surface area contributed by atoms with Crippen LogP contribution in [0.3, 0.4) is 0 Å². The summed E-state index contributed by atoms with van der Waals surface area (Å²) in [6.45, 7) is 1.92. The SMILES string of the molecule is COCC(C)(NC(=O)c1cc(S(=O)(=O)N2CCSCC2)c[nH]1)C(=O)O. The lowest BCUT2D eigenvalue weighted by molar-refractivity contribution is -0.145. The molecule has 0 saturated carbocycles. The number of carbonyl (C=O) groups excluding carboxylic acids is 1. The summed E-state index contributed by atoms with van der Waals surface area (Å²) >= 11 is 1.69. The van der Waals surface area contributed by atoms with Gasteiger partial charge in [-0.1, -0.05) is 0 Å². The molecule has 11 heteroatoms. The number of nitrogens with zero attached hydrogens (tertiary/aromatic N) is 1. The summed E-state index contributed by atoms with van der Waals surface area (Å²) in [7, 11) is -2.35. The second-order valence-electron chi connectivity index (χ2n) is 5.79. The quantitative estimate of drug-likeness (QED) is 0.595. The van der Waals surface area contributed by atoms with Crippen LogP contribution in [-0.4, -0.2) is 78.5 Å². The van der Waals surface area contributed by atoms with E-state index in [1.165, 1.54) is 30.6 Å². The van der Waals surface area contributed by atoms with Crippen molar-refractivity contribution >= 4 is 33.7 Å². The molecule has 1 fully saturated rings. The number of thioether (sulfide) groups is 1. The first-order valence-corrected chi connectivity index (χ1v) is 10.1. The van der Waals surface area contributed by atoms with E-state index in [0.29, 0.717) is 13.1 Å². The number of ether oxygens (including phenoxy) is 1. The number of rotatable bonds is 7. The summed E-state index contributed by atoms with van der Waals surface area (Å²) in [6.07, 6.45) is 1.24. The van der Waals surface area contributed by atoms with E-state index >= 15 is 0 Å². The van der Waals surface area contributed by atoms with E-state index in [2.05, 4.69) is 10.3 Å². The molecule has 0 aliphatic carbocycles. The lowest BCUT2D eigenvalue weighted by Gasteiger charge is -2.25. The number of carboxylic acid groups (broad SMARTS) is 1. The first-order valence-electron chi connectivity index (χ1n) is 7.52. The third-order valence-electron chi connectivity index (χ3n) is 3.80. The topological polar surface area (TPSA) is 129 Å². The predicted octanol–water partition coefficient (Wildman–Crippen LogP) is -0.0283. The van der Waals surface area contributed by atoms with Gasteiger partial charge in [0, 0.05) is 37.9 Å². The molecule has 1 aliphatic heterocycles. The first-order chi connectivity index (χ1) is 11.7. The summed E-state index contributed by atoms with van der Waals surface area (Å²) in [5.41, 5.74) is -1.66. The lowest BCUT2D eigenvalue weighted by atomic mass is 10.0. The molecule has 0 aromatic carbocycles. The van der Waals surface area contributed by atoms with Crippen LogP contribution in [0.15, 0.2) is 17.2 Å². The summed E-state index contributed by atoms with van der Waals surface area (Å²) in [5, 5.41) is 11.6. The first kappa shape index (κ1) is 19.8. The van der Waals surface area contributed by atoms with Crippen molar-refractivity contribution in [3.05, 3.63) is 18.0 Å². The maximum Gasteiger partial charge on any atom is 0.331 e. The van der Waals surface area contributed by atoms with Crippen molar-refractivity contribution < 1.29 is 27.9 Å². The Morgan fingerprint density at radius 2 is 2.08 bits per heavy atom. The Hall–Kier alpha value is -1.56. The van der Waals surface area contributed by atoms with Crippen LogP contribution in [0.4, 0.5) is 0 Å². The van der Waals surface area contributed by atoms with E-state index in [4.69, 9.17) is 4.74 Å². The van der Waals surface area contributed by atoms with Gasteiger partial charge in [-0.25, -0.2) is 13.2 Å². The zero-order valence-electron chi connectivity index (χ0n) is 13.9. The number of carboxylic acids is 1. The molecule has 0 radical (unpaired) electrons. The van der Waals surface area contributed by atoms with Gasteiger partial charge in [-0.15, -0.1) is 0 Å². The smallest absolute Gasteiger partial charge is 0.331 e. The Morgan fingerprint density at radius 1 is 1.44 bits per heavy atom. The highest BCUT2D eigenvalue weighted by atomic mass is 32.2. The number of hydrogen-bond acceptors (Lipinski definition) is 6. The van der Waals surface area contributed by atoms with Crippen LogP contribution in [0.1, 0.15) is 17.4 Å². The predicted molar refractivity (Wildman–Crippen MR) is 92.3 cm³/mol. The fraction of sp³-hybridized carbons (Fsp3) is 0.571. The fourth-order valence-electron chi connectivity index (χ4n) is 2.35. The summed E-state index contributed by atoms with van der Waals surface area (Å²) in [5.74, 6) is -0.527. The van der Waals surface area contributed by atoms with Gasteiger partial charge >= 0.3 is 5.97 Å². The van der Waals surface area contributed by atoms with Gasteiger partial charge in [0.15, 0.2) is 5.54 Å². The highest BCUT2D eigenvalue weighted by Gasteiger charge is 2.36. The van der Waals surface area contributed by atoms with Crippen LogP contribution in [0.25, 0.3) is 0 Å². The van der Waals surface area contributed by atoms with Crippen molar-refractivity contribution in [3.63, 3.8) is 0 Å². The summed E-state index contributed by atoms with van der Waals surface area (Å²) < 4.78 is 31.3. The molecule has 1 saturated heterocycles. The zero-order valence-corrected chi connectivity index (χ0v) is 15.6. The van der Waals surface area contributed by atoms with Gasteiger partial charge in [0.2, 0.25) is 10.0 Å². The van der Waals surface area contributed by atoms with E-state index in [9.17, 15) is 23.1 Å². The number of aromatic nitrogens is 1. The molecule has 0 spiro atoms. The van der Waals surface area contributed by atoms with Crippen molar-refractivity contribution in [3.8, 4) is 0 Å². The molecule has 140 valence electrons. The number of carbonyl (C=O) groups is 2. The molecule has 1 unspecified atom stereocenters. The van der Waals surface area contributed by atoms with Crippen LogP contribution in [-0.2, 0) is 19.6 Å². The lowest BCUT2D eigenvalue weighted by Crippen LogP contribution is -2.55. The van der Waals surface area contributed by atoms with Crippen molar-refractivity contribution in [2.75, 3.05) is 38.3 Å². The molecular weight excluding hydrogens is 370 g/mol. The molecule has 9 nitrogen and oxygen atoms in total. The molecule has 1 atom stereocenters. The largest absolute Gasteiger partial charge is 0.479 e. The minimum Gasteiger partial charge on any atom is -0.479 e. The van der Waals surface area contributed by atoms with Crippen LogP contribution in [0.2, 0.25) is 0 Å². The normalized spacial score (nSPS) is 18.5. The highest BCUT2D eigenvalue weighted by molar-refractivity contribution is 7.99. The average Bonchev–Trinajstić information content (AvgIpc) is 3.06. The van der Waals surface area contributed by atoms with E-state index in [-0.39, 0.29) is 17.2 Å². The Labute approximate surface area is 150 Å². The van der Waals surface area contributed by atoms with Crippen LogP contribution in [0, 0.1) is 0 Å². The molecule has 1 amide bonds. The number of aromatic amines is 1. The highest BCUT2D eigenvalue weighted by Crippen LogP contribution is 2.21. The second-order valence-corrected chi connectivity index (χ2v) is 8.95. The molecule has 0 bridgehead atoms. The van der Waals surface area contributed by atoms with Gasteiger partial charge in [-0.2, -0.15) is 16.1 Å². The average molecular weight is 391 g/mol. The van der Waals surface area contributed by atoms with Crippen molar-refractivity contribution in [2.45, 2.75) is 17.4 Å². The standard InChI is InChI=1S/C14H21N3O6S2/c1-14(9-23-2,13(19)20)16-12(18)11-7-10(8-15-11)25(21,22)17-3-5-24-6-4-17/h7-8,15H,3-6,9H2,1-2H3,(H,16,18)(H,19,20). The molecule has 2 heterocycles. The maximum absolute atomic E-state index is 12.6. The molecule has 1 aromatic heterocycles. The van der Waals surface area contributed by atoms with E-state index in [1.54, 1.807) is 11.8 Å². The van der Waals surface area contributed by atoms with Gasteiger partial charge in [0.25, 0.3) is 5.91 Å². The fourth-order valence-corrected chi connectivity index (χ4v) is 4.92. The van der Waals surface area contributed by atoms with Gasteiger partial charge in [0.05, 0.1) is 6.61 Å². The van der Waals surface area contributed by atoms with Gasteiger partial charge in [-0.3, -0.25) is 4.79 Å². The maximum atomic E-state index is 12.6. The van der Waals surface area contributed by atoms with Gasteiger partial charge < -0.3 is 20.1 Å². The van der Waals surface area contributed by atoms with E-state index in [1.807, 2.05) is 0 Å². The molecule has 25 heavy (non-hydrogen) atoms. The molecule has 3 N–H and O–H groups in total. The van der Waals surface area contributed by atoms with Crippen LogP contribution < -0.4 is 5.32 Å². The number of H-pyrrole nitrogens is 1.